The van der Waals surface area contributed by atoms with Crippen molar-refractivity contribution in [1.82, 2.24) is 15.2 Å². The molecule has 0 saturated carbocycles. The van der Waals surface area contributed by atoms with Crippen LogP contribution in [-0.4, -0.2) is 61.0 Å². The second kappa shape index (κ2) is 8.70. The van der Waals surface area contributed by atoms with Crippen LogP contribution in [0.15, 0.2) is 30.5 Å². The van der Waals surface area contributed by atoms with Gasteiger partial charge in [0.1, 0.15) is 0 Å². The van der Waals surface area contributed by atoms with Crippen molar-refractivity contribution in [2.45, 2.75) is 37.9 Å². The molecule has 2 fully saturated rings. The number of piperidine rings is 1. The van der Waals surface area contributed by atoms with E-state index in [2.05, 4.69) is 10.3 Å². The summed E-state index contributed by atoms with van der Waals surface area (Å²) in [6.45, 7) is 3.00. The maximum absolute atomic E-state index is 14.3. The van der Waals surface area contributed by atoms with E-state index in [1.54, 1.807) is 24.1 Å². The van der Waals surface area contributed by atoms with Crippen molar-refractivity contribution in [3.8, 4) is 0 Å². The van der Waals surface area contributed by atoms with E-state index in [4.69, 9.17) is 0 Å². The molecular formula is C23H27F5N4O. The third kappa shape index (κ3) is 4.90. The molecule has 4 rings (SSSR count). The molecule has 2 aliphatic heterocycles. The minimum Gasteiger partial charge on any atom is -0.369 e. The quantitative estimate of drug-likeness (QED) is 0.682. The van der Waals surface area contributed by atoms with Crippen LogP contribution in [0.5, 0.6) is 0 Å². The van der Waals surface area contributed by atoms with Crippen LogP contribution < -0.4 is 10.2 Å². The number of benzene rings is 1. The highest BCUT2D eigenvalue weighted by Gasteiger charge is 2.45. The molecule has 5 nitrogen and oxygen atoms in total. The van der Waals surface area contributed by atoms with Gasteiger partial charge in [0.25, 0.3) is 5.92 Å². The summed E-state index contributed by atoms with van der Waals surface area (Å²) >= 11 is 0. The van der Waals surface area contributed by atoms with Gasteiger partial charge in [-0.25, -0.2) is 8.78 Å². The van der Waals surface area contributed by atoms with Gasteiger partial charge in [-0.2, -0.15) is 13.2 Å². The number of aromatic nitrogens is 1. The number of pyridine rings is 1. The van der Waals surface area contributed by atoms with Gasteiger partial charge in [0.15, 0.2) is 0 Å². The van der Waals surface area contributed by atoms with Gasteiger partial charge in [-0.1, -0.05) is 6.92 Å². The summed E-state index contributed by atoms with van der Waals surface area (Å²) in [5.74, 6) is -4.32. The predicted octanol–water partition coefficient (Wildman–Crippen LogP) is 4.17. The van der Waals surface area contributed by atoms with E-state index in [0.29, 0.717) is 30.7 Å². The van der Waals surface area contributed by atoms with E-state index in [1.807, 2.05) is 11.8 Å². The number of hydrogen-bond acceptors (Lipinski definition) is 4. The van der Waals surface area contributed by atoms with E-state index in [9.17, 15) is 26.7 Å². The van der Waals surface area contributed by atoms with E-state index in [1.165, 1.54) is 12.3 Å². The molecular weight excluding hydrogens is 443 g/mol. The van der Waals surface area contributed by atoms with Crippen LogP contribution in [0.4, 0.5) is 27.6 Å². The number of fused-ring (bicyclic) bond motifs is 1. The largest absolute Gasteiger partial charge is 0.418 e. The van der Waals surface area contributed by atoms with Gasteiger partial charge >= 0.3 is 6.18 Å². The SMILES string of the molecule is C[C@@H]1CN(c2ccc(C(F)(F)F)c3ncccc23)CC1NC(=O)CC1CCN(C)CC1(F)F. The van der Waals surface area contributed by atoms with E-state index < -0.39 is 29.5 Å². The van der Waals surface area contributed by atoms with Gasteiger partial charge in [-0.15, -0.1) is 0 Å². The molecule has 0 aliphatic carbocycles. The molecule has 0 spiro atoms. The van der Waals surface area contributed by atoms with Crippen molar-refractivity contribution >= 4 is 22.5 Å². The van der Waals surface area contributed by atoms with Crippen molar-refractivity contribution in [2.24, 2.45) is 11.8 Å². The number of carbonyl (C=O) groups excluding carboxylic acids is 1. The van der Waals surface area contributed by atoms with Crippen LogP contribution in [0.25, 0.3) is 10.9 Å². The molecule has 2 saturated heterocycles. The second-order valence-electron chi connectivity index (χ2n) is 9.27. The van der Waals surface area contributed by atoms with Crippen LogP contribution in [-0.2, 0) is 11.0 Å². The standard InChI is InChI=1S/C23H27F5N4O/c1-14-11-32(19-6-5-17(23(26,27)28)21-16(19)4-3-8-29-21)12-18(14)30-20(33)10-15-7-9-31(2)13-22(15,24)25/h3-6,8,14-15,18H,7,9-13H2,1-2H3,(H,30,33)/t14-,15?,18?/m1/s1. The molecule has 1 amide bonds. The number of rotatable bonds is 4. The Kier molecular flexibility index (Phi) is 6.24. The highest BCUT2D eigenvalue weighted by Crippen LogP contribution is 2.39. The van der Waals surface area contributed by atoms with Gasteiger partial charge < -0.3 is 15.1 Å². The monoisotopic (exact) mass is 470 g/mol. The number of likely N-dealkylation sites (tertiary alicyclic amines) is 1. The molecule has 3 atom stereocenters. The van der Waals surface area contributed by atoms with Gasteiger partial charge in [-0.05, 0) is 50.2 Å². The first-order chi connectivity index (χ1) is 15.5. The Labute approximate surface area is 188 Å². The molecule has 180 valence electrons. The highest BCUT2D eigenvalue weighted by molar-refractivity contribution is 5.94. The topological polar surface area (TPSA) is 48.5 Å². The first-order valence-corrected chi connectivity index (χ1v) is 11.0. The lowest BCUT2D eigenvalue weighted by atomic mass is 9.89. The molecule has 0 bridgehead atoms. The molecule has 33 heavy (non-hydrogen) atoms. The first kappa shape index (κ1) is 23.7. The van der Waals surface area contributed by atoms with Crippen molar-refractivity contribution in [3.63, 3.8) is 0 Å². The van der Waals surface area contributed by atoms with Crippen molar-refractivity contribution in [1.29, 1.82) is 0 Å². The Morgan fingerprint density at radius 2 is 2.00 bits per heavy atom. The van der Waals surface area contributed by atoms with Crippen molar-refractivity contribution in [3.05, 3.63) is 36.0 Å². The van der Waals surface area contributed by atoms with Gasteiger partial charge in [-0.3, -0.25) is 9.78 Å². The van der Waals surface area contributed by atoms with Gasteiger partial charge in [0, 0.05) is 42.7 Å². The fourth-order valence-electron chi connectivity index (χ4n) is 4.91. The average Bonchev–Trinajstić information content (AvgIpc) is 3.08. The van der Waals surface area contributed by atoms with Gasteiger partial charge in [0.2, 0.25) is 5.91 Å². The summed E-state index contributed by atoms with van der Waals surface area (Å²) in [4.78, 5) is 20.0. The predicted molar refractivity (Wildman–Crippen MR) is 115 cm³/mol. The second-order valence-corrected chi connectivity index (χ2v) is 9.27. The average molecular weight is 470 g/mol. The molecule has 0 radical (unpaired) electrons. The number of hydrogen-bond donors (Lipinski definition) is 1. The normalized spacial score (nSPS) is 26.0. The molecule has 3 heterocycles. The zero-order valence-corrected chi connectivity index (χ0v) is 18.5. The fourth-order valence-corrected chi connectivity index (χ4v) is 4.91. The van der Waals surface area contributed by atoms with E-state index >= 15 is 0 Å². The lowest BCUT2D eigenvalue weighted by Gasteiger charge is -2.36. The Morgan fingerprint density at radius 3 is 2.70 bits per heavy atom. The Bertz CT molecular complexity index is 1030. The van der Waals surface area contributed by atoms with Crippen LogP contribution in [0, 0.1) is 11.8 Å². The maximum atomic E-state index is 14.3. The number of carbonyl (C=O) groups is 1. The number of anilines is 1. The summed E-state index contributed by atoms with van der Waals surface area (Å²) in [5.41, 5.74) is -0.304. The smallest absolute Gasteiger partial charge is 0.369 e. The lowest BCUT2D eigenvalue weighted by Crippen LogP contribution is -2.49. The number of amides is 1. The minimum absolute atomic E-state index is 0.000892. The zero-order valence-electron chi connectivity index (χ0n) is 18.5. The van der Waals surface area contributed by atoms with Crippen LogP contribution >= 0.6 is 0 Å². The van der Waals surface area contributed by atoms with Crippen LogP contribution in [0.2, 0.25) is 0 Å². The summed E-state index contributed by atoms with van der Waals surface area (Å²) in [6.07, 6.45) is -3.17. The summed E-state index contributed by atoms with van der Waals surface area (Å²) in [7, 11) is 1.64. The highest BCUT2D eigenvalue weighted by atomic mass is 19.4. The molecule has 2 unspecified atom stereocenters. The van der Waals surface area contributed by atoms with Crippen LogP contribution in [0.3, 0.4) is 0 Å². The number of alkyl halides is 5. The third-order valence-corrected chi connectivity index (χ3v) is 6.72. The molecule has 10 heteroatoms. The summed E-state index contributed by atoms with van der Waals surface area (Å²) < 4.78 is 68.8. The Balaban J connectivity index is 1.47. The number of nitrogens with one attached hydrogen (secondary N) is 1. The molecule has 1 aromatic heterocycles. The minimum atomic E-state index is -4.52. The van der Waals surface area contributed by atoms with Gasteiger partial charge in [0.05, 0.1) is 23.7 Å². The fraction of sp³-hybridized carbons (Fsp3) is 0.565. The van der Waals surface area contributed by atoms with Crippen molar-refractivity contribution < 1.29 is 26.7 Å². The summed E-state index contributed by atoms with van der Waals surface area (Å²) in [5, 5.41) is 3.27. The van der Waals surface area contributed by atoms with Crippen molar-refractivity contribution in [2.75, 3.05) is 38.1 Å². The maximum Gasteiger partial charge on any atom is 0.418 e. The Hall–Kier alpha value is -2.49. The Morgan fingerprint density at radius 1 is 1.24 bits per heavy atom. The molecule has 2 aromatic rings. The number of halogens is 5. The number of nitrogens with zero attached hydrogens (tertiary/aromatic N) is 3. The molecule has 2 aliphatic rings. The molecule has 1 N–H and O–H groups in total. The van der Waals surface area contributed by atoms with E-state index in [-0.39, 0.29) is 36.9 Å². The van der Waals surface area contributed by atoms with E-state index in [0.717, 1.165) is 6.07 Å². The third-order valence-electron chi connectivity index (χ3n) is 6.72. The summed E-state index contributed by atoms with van der Waals surface area (Å²) in [6, 6.07) is 5.37. The first-order valence-electron chi connectivity index (χ1n) is 11.0. The van der Waals surface area contributed by atoms with Crippen LogP contribution in [0.1, 0.15) is 25.3 Å². The molecule has 1 aromatic carbocycles. The zero-order chi connectivity index (χ0) is 24.0. The lowest BCUT2D eigenvalue weighted by molar-refractivity contribution is -0.136.